The van der Waals surface area contributed by atoms with E-state index >= 15 is 0 Å². The van der Waals surface area contributed by atoms with Gasteiger partial charge in [-0.05, 0) is 36.6 Å². The molecule has 0 aromatic carbocycles. The van der Waals surface area contributed by atoms with Crippen molar-refractivity contribution in [1.29, 1.82) is 0 Å². The standard InChI is InChI=1S/C17H22ClN5OS/c1-11-3-5-23(13(7-11)9-19)16(24)12-8-14(18)15(21-10-12)25-17-20-4-6-22(17)2/h4,6,8,10-11,13H,3,5,7,9,19H2,1-2H3. The van der Waals surface area contributed by atoms with E-state index in [0.717, 1.165) is 24.5 Å². The Kier molecular flexibility index (Phi) is 5.66. The number of likely N-dealkylation sites (tertiary alicyclic amines) is 1. The molecule has 2 unspecified atom stereocenters. The lowest BCUT2D eigenvalue weighted by atomic mass is 9.92. The van der Waals surface area contributed by atoms with Gasteiger partial charge in [0.2, 0.25) is 0 Å². The fourth-order valence-corrected chi connectivity index (χ4v) is 4.10. The minimum atomic E-state index is -0.0507. The highest BCUT2D eigenvalue weighted by Crippen LogP contribution is 2.31. The summed E-state index contributed by atoms with van der Waals surface area (Å²) in [5.74, 6) is 0.543. The Morgan fingerprint density at radius 3 is 2.92 bits per heavy atom. The number of piperidine rings is 1. The second-order valence-corrected chi connectivity index (χ2v) is 7.81. The number of amides is 1. The molecule has 1 aliphatic rings. The highest BCUT2D eigenvalue weighted by molar-refractivity contribution is 7.99. The smallest absolute Gasteiger partial charge is 0.255 e. The van der Waals surface area contributed by atoms with Crippen LogP contribution in [0.2, 0.25) is 5.02 Å². The van der Waals surface area contributed by atoms with Crippen LogP contribution in [0.5, 0.6) is 0 Å². The molecule has 0 aliphatic carbocycles. The highest BCUT2D eigenvalue weighted by atomic mass is 35.5. The van der Waals surface area contributed by atoms with Crippen molar-refractivity contribution in [2.75, 3.05) is 13.1 Å². The molecule has 6 nitrogen and oxygen atoms in total. The Labute approximate surface area is 156 Å². The molecule has 0 spiro atoms. The number of hydrogen-bond donors (Lipinski definition) is 1. The fourth-order valence-electron chi connectivity index (χ4n) is 3.06. The Hall–Kier alpha value is -1.57. The maximum atomic E-state index is 12.9. The average molecular weight is 380 g/mol. The van der Waals surface area contributed by atoms with Crippen molar-refractivity contribution in [2.24, 2.45) is 18.7 Å². The number of aromatic nitrogens is 3. The Morgan fingerprint density at radius 1 is 1.48 bits per heavy atom. The molecule has 8 heteroatoms. The molecule has 3 heterocycles. The van der Waals surface area contributed by atoms with E-state index < -0.39 is 0 Å². The van der Waals surface area contributed by atoms with Gasteiger partial charge in [0.05, 0.1) is 10.6 Å². The first kappa shape index (κ1) is 18.2. The summed E-state index contributed by atoms with van der Waals surface area (Å²) < 4.78 is 1.89. The summed E-state index contributed by atoms with van der Waals surface area (Å²) >= 11 is 7.73. The van der Waals surface area contributed by atoms with E-state index in [9.17, 15) is 4.79 Å². The first-order valence-corrected chi connectivity index (χ1v) is 9.50. The SMILES string of the molecule is CC1CCN(C(=O)c2cnc(Sc3nccn3C)c(Cl)c2)C(CN)C1. The summed E-state index contributed by atoms with van der Waals surface area (Å²) in [5, 5.41) is 1.88. The zero-order valence-corrected chi connectivity index (χ0v) is 15.9. The van der Waals surface area contributed by atoms with Gasteiger partial charge in [-0.1, -0.05) is 18.5 Å². The van der Waals surface area contributed by atoms with Gasteiger partial charge >= 0.3 is 0 Å². The van der Waals surface area contributed by atoms with E-state index in [-0.39, 0.29) is 11.9 Å². The van der Waals surface area contributed by atoms with Crippen LogP contribution in [0.3, 0.4) is 0 Å². The summed E-state index contributed by atoms with van der Waals surface area (Å²) in [5.41, 5.74) is 6.37. The summed E-state index contributed by atoms with van der Waals surface area (Å²) in [4.78, 5) is 23.3. The van der Waals surface area contributed by atoms with E-state index in [1.54, 1.807) is 18.5 Å². The molecular formula is C17H22ClN5OS. The van der Waals surface area contributed by atoms with Crippen molar-refractivity contribution < 1.29 is 4.79 Å². The van der Waals surface area contributed by atoms with Gasteiger partial charge in [-0.25, -0.2) is 9.97 Å². The number of rotatable bonds is 4. The monoisotopic (exact) mass is 379 g/mol. The van der Waals surface area contributed by atoms with E-state index in [4.69, 9.17) is 17.3 Å². The van der Waals surface area contributed by atoms with Gasteiger partial charge in [-0.3, -0.25) is 4.79 Å². The van der Waals surface area contributed by atoms with Crippen LogP contribution in [-0.2, 0) is 7.05 Å². The fraction of sp³-hybridized carbons (Fsp3) is 0.471. The first-order chi connectivity index (χ1) is 12.0. The number of imidazole rings is 1. The third-order valence-electron chi connectivity index (χ3n) is 4.53. The largest absolute Gasteiger partial charge is 0.334 e. The normalized spacial score (nSPS) is 20.7. The van der Waals surface area contributed by atoms with Gasteiger partial charge in [0, 0.05) is 44.8 Å². The lowest BCUT2D eigenvalue weighted by Crippen LogP contribution is -2.49. The topological polar surface area (TPSA) is 77.0 Å². The second-order valence-electron chi connectivity index (χ2n) is 6.45. The van der Waals surface area contributed by atoms with Crippen molar-refractivity contribution in [3.8, 4) is 0 Å². The molecular weight excluding hydrogens is 358 g/mol. The maximum Gasteiger partial charge on any atom is 0.255 e. The van der Waals surface area contributed by atoms with Crippen molar-refractivity contribution >= 4 is 29.3 Å². The van der Waals surface area contributed by atoms with E-state index in [0.29, 0.717) is 28.1 Å². The van der Waals surface area contributed by atoms with Crippen molar-refractivity contribution in [1.82, 2.24) is 19.4 Å². The van der Waals surface area contributed by atoms with Crippen LogP contribution < -0.4 is 5.73 Å². The maximum absolute atomic E-state index is 12.9. The summed E-state index contributed by atoms with van der Waals surface area (Å²) in [6, 6.07) is 1.77. The van der Waals surface area contributed by atoms with Crippen molar-refractivity contribution in [2.45, 2.75) is 36.0 Å². The molecule has 0 radical (unpaired) electrons. The number of carbonyl (C=O) groups excluding carboxylic acids is 1. The van der Waals surface area contributed by atoms with Crippen LogP contribution >= 0.6 is 23.4 Å². The number of nitrogens with two attached hydrogens (primary N) is 1. The Morgan fingerprint density at radius 2 is 2.28 bits per heavy atom. The quantitative estimate of drug-likeness (QED) is 0.883. The second kappa shape index (κ2) is 7.76. The van der Waals surface area contributed by atoms with Gasteiger partial charge in [0.25, 0.3) is 5.91 Å². The van der Waals surface area contributed by atoms with E-state index in [1.807, 2.05) is 22.7 Å². The van der Waals surface area contributed by atoms with Crippen LogP contribution in [0.4, 0.5) is 0 Å². The predicted octanol–water partition coefficient (Wildman–Crippen LogP) is 2.82. The van der Waals surface area contributed by atoms with E-state index in [1.165, 1.54) is 11.8 Å². The molecule has 1 amide bonds. The molecule has 1 saturated heterocycles. The Balaban J connectivity index is 1.77. The highest BCUT2D eigenvalue weighted by Gasteiger charge is 2.30. The number of nitrogens with zero attached hydrogens (tertiary/aromatic N) is 4. The molecule has 1 aliphatic heterocycles. The van der Waals surface area contributed by atoms with Crippen LogP contribution in [-0.4, -0.2) is 44.5 Å². The Bertz CT molecular complexity index is 765. The van der Waals surface area contributed by atoms with E-state index in [2.05, 4.69) is 16.9 Å². The van der Waals surface area contributed by atoms with Crippen LogP contribution in [0.15, 0.2) is 34.8 Å². The molecule has 0 bridgehead atoms. The number of aryl methyl sites for hydroxylation is 1. The van der Waals surface area contributed by atoms with Gasteiger partial charge in [0.15, 0.2) is 5.16 Å². The van der Waals surface area contributed by atoms with Crippen molar-refractivity contribution in [3.05, 3.63) is 35.2 Å². The summed E-state index contributed by atoms with van der Waals surface area (Å²) in [6.07, 6.45) is 7.11. The molecule has 2 N–H and O–H groups in total. The zero-order valence-electron chi connectivity index (χ0n) is 14.4. The summed E-state index contributed by atoms with van der Waals surface area (Å²) in [7, 11) is 1.91. The number of halogens is 1. The molecule has 25 heavy (non-hydrogen) atoms. The van der Waals surface area contributed by atoms with Gasteiger partial charge in [-0.2, -0.15) is 0 Å². The minimum Gasteiger partial charge on any atom is -0.334 e. The lowest BCUT2D eigenvalue weighted by Gasteiger charge is -2.38. The third kappa shape index (κ3) is 3.99. The number of pyridine rings is 1. The molecule has 0 saturated carbocycles. The molecule has 2 aromatic heterocycles. The van der Waals surface area contributed by atoms with Crippen LogP contribution in [0, 0.1) is 5.92 Å². The molecule has 2 atom stereocenters. The molecule has 1 fully saturated rings. The molecule has 2 aromatic rings. The van der Waals surface area contributed by atoms with Crippen LogP contribution in [0.25, 0.3) is 0 Å². The molecule has 3 rings (SSSR count). The number of carbonyl (C=O) groups is 1. The third-order valence-corrected chi connectivity index (χ3v) is 6.03. The summed E-state index contributed by atoms with van der Waals surface area (Å²) in [6.45, 7) is 3.40. The number of hydrogen-bond acceptors (Lipinski definition) is 5. The molecule has 134 valence electrons. The average Bonchev–Trinajstić information content (AvgIpc) is 3.00. The lowest BCUT2D eigenvalue weighted by molar-refractivity contribution is 0.0573. The zero-order chi connectivity index (χ0) is 18.0. The van der Waals surface area contributed by atoms with Gasteiger partial charge in [-0.15, -0.1) is 0 Å². The minimum absolute atomic E-state index is 0.0507. The van der Waals surface area contributed by atoms with Gasteiger partial charge < -0.3 is 15.2 Å². The predicted molar refractivity (Wildman–Crippen MR) is 98.9 cm³/mol. The van der Waals surface area contributed by atoms with Crippen molar-refractivity contribution in [3.63, 3.8) is 0 Å². The van der Waals surface area contributed by atoms with Crippen LogP contribution in [0.1, 0.15) is 30.1 Å². The van der Waals surface area contributed by atoms with Gasteiger partial charge in [0.1, 0.15) is 5.03 Å². The first-order valence-electron chi connectivity index (χ1n) is 8.31.